The molecular formula is C32H36Cl2SiZr-2. The topological polar surface area (TPSA) is 0 Å². The molecule has 0 radical (unpaired) electrons. The standard InChI is InChI=1S/C13H9.C10H17Si.C9H10.2ClH.Zr/c1-3-7-12-10(5-1)9-11-6-2-4-8-13(11)12;1-8-6-9(2)10(7-8)11(3,4)5;1-3-9-6-4-8(2)5-7-9;;;/h1-5,7-8H,9H2;7-8H,1-5H3;4-7H,1-2H3;2*1H;/q2*-1;;;;+2/p-2. The van der Waals surface area contributed by atoms with Gasteiger partial charge in [-0.2, -0.15) is 35.9 Å². The predicted octanol–water partition coefficient (Wildman–Crippen LogP) is 2.34. The van der Waals surface area contributed by atoms with Gasteiger partial charge in [0.1, 0.15) is 0 Å². The maximum Gasteiger partial charge on any atom is -0.0253 e. The van der Waals surface area contributed by atoms with E-state index >= 15 is 0 Å². The van der Waals surface area contributed by atoms with Crippen molar-refractivity contribution in [2.24, 2.45) is 5.92 Å². The molecule has 0 saturated heterocycles. The van der Waals surface area contributed by atoms with E-state index in [1.165, 1.54) is 66.4 Å². The van der Waals surface area contributed by atoms with Crippen LogP contribution in [0.3, 0.4) is 0 Å². The van der Waals surface area contributed by atoms with Gasteiger partial charge in [-0.3, -0.25) is 6.08 Å². The molecular weight excluding hydrogens is 575 g/mol. The molecule has 3 aromatic carbocycles. The zero-order chi connectivity index (χ0) is 24.9. The molecule has 0 fully saturated rings. The molecule has 36 heavy (non-hydrogen) atoms. The zero-order valence-electron chi connectivity index (χ0n) is 22.5. The molecule has 0 amide bonds. The zero-order valence-corrected chi connectivity index (χ0v) is 27.4. The Balaban J connectivity index is 0.000000266. The average Bonchev–Trinajstić information content (AvgIpc) is 3.34. The van der Waals surface area contributed by atoms with Gasteiger partial charge >= 0.3 is 76.7 Å². The van der Waals surface area contributed by atoms with Gasteiger partial charge in [-0.1, -0.05) is 74.8 Å². The molecule has 4 heteroatoms. The summed E-state index contributed by atoms with van der Waals surface area (Å²) in [5.74, 6) is 0.553. The molecule has 0 aliphatic heterocycles. The molecule has 0 heterocycles. The Hall–Kier alpha value is -1.31. The van der Waals surface area contributed by atoms with Crippen LogP contribution in [0, 0.1) is 25.0 Å². The van der Waals surface area contributed by atoms with Crippen LogP contribution < -0.4 is 24.8 Å². The van der Waals surface area contributed by atoms with E-state index in [-0.39, 0.29) is 24.8 Å². The molecule has 0 nitrogen and oxygen atoms in total. The van der Waals surface area contributed by atoms with Crippen molar-refractivity contribution >= 4 is 11.3 Å². The van der Waals surface area contributed by atoms with E-state index in [1.54, 1.807) is 5.20 Å². The predicted molar refractivity (Wildman–Crippen MR) is 148 cm³/mol. The molecule has 0 aromatic heterocycles. The van der Waals surface area contributed by atoms with Gasteiger partial charge in [0.05, 0.1) is 0 Å². The van der Waals surface area contributed by atoms with E-state index in [2.05, 4.69) is 126 Å². The van der Waals surface area contributed by atoms with E-state index in [0.717, 1.165) is 6.42 Å². The van der Waals surface area contributed by atoms with E-state index in [0.29, 0.717) is 5.92 Å². The summed E-state index contributed by atoms with van der Waals surface area (Å²) in [6.45, 7) is 15.8. The monoisotopic (exact) mass is 608 g/mol. The summed E-state index contributed by atoms with van der Waals surface area (Å²) < 4.78 is 1.46. The van der Waals surface area contributed by atoms with E-state index in [9.17, 15) is 0 Å². The fourth-order valence-electron chi connectivity index (χ4n) is 4.45. The molecule has 2 aliphatic carbocycles. The minimum absolute atomic E-state index is 0. The fraction of sp³-hybridized carbons (Fsp3) is 0.281. The number of rotatable bonds is 2. The van der Waals surface area contributed by atoms with Crippen LogP contribution in [-0.2, 0) is 30.7 Å². The number of fused-ring (bicyclic) bond motifs is 3. The van der Waals surface area contributed by atoms with Gasteiger partial charge in [-0.15, -0.1) is 5.56 Å². The van der Waals surface area contributed by atoms with Crippen LogP contribution in [0.4, 0.5) is 0 Å². The summed E-state index contributed by atoms with van der Waals surface area (Å²) in [4.78, 5) is 0. The summed E-state index contributed by atoms with van der Waals surface area (Å²) in [5.41, 5.74) is 9.62. The maximum atomic E-state index is 3.43. The molecule has 0 N–H and O–H groups in total. The van der Waals surface area contributed by atoms with Crippen LogP contribution in [0.5, 0.6) is 0 Å². The smallest absolute Gasteiger partial charge is 0.0253 e. The number of hydrogen-bond acceptors (Lipinski definition) is 0. The fourth-order valence-corrected chi connectivity index (χ4v) is 6.81. The SMILES string of the molecule is CC1=[C-]C(C)C=C1[Si](C)(C)C.C[C](=[Zr+2])c1ccc(C)cc1.[Cl-].[Cl-].[c-]1cccc2c1Cc1ccccc1-2. The van der Waals surface area contributed by atoms with Gasteiger partial charge in [0.2, 0.25) is 0 Å². The molecule has 2 aliphatic rings. The number of hydrogen-bond donors (Lipinski definition) is 0. The van der Waals surface area contributed by atoms with Crippen molar-refractivity contribution in [1.82, 2.24) is 0 Å². The molecule has 0 saturated carbocycles. The summed E-state index contributed by atoms with van der Waals surface area (Å²) in [6.07, 6.45) is 6.86. The second-order valence-electron chi connectivity index (χ2n) is 10.3. The van der Waals surface area contributed by atoms with Crippen molar-refractivity contribution in [2.45, 2.75) is 53.8 Å². The van der Waals surface area contributed by atoms with Crippen LogP contribution in [0.1, 0.15) is 43.0 Å². The number of halogens is 2. The van der Waals surface area contributed by atoms with Crippen LogP contribution in [0.15, 0.2) is 83.6 Å². The Kier molecular flexibility index (Phi) is 13.3. The molecule has 1 unspecified atom stereocenters. The Bertz CT molecular complexity index is 1170. The quantitative estimate of drug-likeness (QED) is 0.242. The van der Waals surface area contributed by atoms with Crippen molar-refractivity contribution in [3.8, 4) is 11.1 Å². The Morgan fingerprint density at radius 2 is 1.50 bits per heavy atom. The van der Waals surface area contributed by atoms with E-state index in [1.807, 2.05) is 6.07 Å². The van der Waals surface area contributed by atoms with Crippen molar-refractivity contribution < 1.29 is 49.0 Å². The molecule has 3 aromatic rings. The normalized spacial score (nSPS) is 14.8. The largest absolute Gasteiger partial charge is 1.00 e. The van der Waals surface area contributed by atoms with Gasteiger partial charge in [0, 0.05) is 0 Å². The summed E-state index contributed by atoms with van der Waals surface area (Å²) in [7, 11) is -1.07. The number of allylic oxidation sites excluding steroid dienone is 4. The van der Waals surface area contributed by atoms with Gasteiger partial charge < -0.3 is 24.8 Å². The number of benzene rings is 3. The first-order valence-electron chi connectivity index (χ1n) is 12.1. The van der Waals surface area contributed by atoms with E-state index in [4.69, 9.17) is 0 Å². The molecule has 0 spiro atoms. The van der Waals surface area contributed by atoms with Crippen molar-refractivity contribution in [2.75, 3.05) is 0 Å². The van der Waals surface area contributed by atoms with Gasteiger partial charge in [-0.25, -0.2) is 10.8 Å². The van der Waals surface area contributed by atoms with E-state index < -0.39 is 8.07 Å². The second kappa shape index (κ2) is 14.6. The Morgan fingerprint density at radius 3 is 2.03 bits per heavy atom. The summed E-state index contributed by atoms with van der Waals surface area (Å²) in [5, 5.41) is 1.60. The summed E-state index contributed by atoms with van der Waals surface area (Å²) >= 11 is 1.51. The molecule has 188 valence electrons. The van der Waals surface area contributed by atoms with Gasteiger partial charge in [-0.05, 0) is 14.5 Å². The Morgan fingerprint density at radius 1 is 0.889 bits per heavy atom. The van der Waals surface area contributed by atoms with Crippen LogP contribution >= 0.6 is 0 Å². The molecule has 1 atom stereocenters. The number of aryl methyl sites for hydroxylation is 1. The van der Waals surface area contributed by atoms with Crippen LogP contribution in [0.2, 0.25) is 19.6 Å². The summed E-state index contributed by atoms with van der Waals surface area (Å²) in [6, 6.07) is 26.8. The average molecular weight is 611 g/mol. The molecule has 5 rings (SSSR count). The van der Waals surface area contributed by atoms with Crippen molar-refractivity contribution in [1.29, 1.82) is 0 Å². The van der Waals surface area contributed by atoms with Crippen LogP contribution in [0.25, 0.3) is 11.1 Å². The first-order chi connectivity index (χ1) is 16.1. The van der Waals surface area contributed by atoms with Crippen molar-refractivity contribution in [3.63, 3.8) is 0 Å². The van der Waals surface area contributed by atoms with Gasteiger partial charge in [0.25, 0.3) is 0 Å². The third kappa shape index (κ3) is 8.91. The first kappa shape index (κ1) is 32.7. The van der Waals surface area contributed by atoms with Gasteiger partial charge in [0.15, 0.2) is 0 Å². The third-order valence-electron chi connectivity index (χ3n) is 6.17. The van der Waals surface area contributed by atoms with Crippen LogP contribution in [-0.4, -0.2) is 11.3 Å². The third-order valence-corrected chi connectivity index (χ3v) is 9.04. The minimum atomic E-state index is -1.07. The Labute approximate surface area is 247 Å². The maximum absolute atomic E-state index is 3.43. The molecule has 0 bridgehead atoms. The second-order valence-corrected chi connectivity index (χ2v) is 17.2. The first-order valence-corrected chi connectivity index (χ1v) is 16.8. The minimum Gasteiger partial charge on any atom is -1.00 e. The van der Waals surface area contributed by atoms with Crippen molar-refractivity contribution in [3.05, 3.63) is 118 Å².